The Hall–Kier alpha value is -3.04. The molecule has 4 atom stereocenters. The van der Waals surface area contributed by atoms with Crippen LogP contribution in [0.2, 0.25) is 0 Å². The first-order chi connectivity index (χ1) is 17.8. The summed E-state index contributed by atoms with van der Waals surface area (Å²) < 4.78 is 23.7. The zero-order chi connectivity index (χ0) is 27.0. The molecule has 2 aromatic rings. The summed E-state index contributed by atoms with van der Waals surface area (Å²) in [7, 11) is 0. The molecular formula is C22H23N4O9PS. The quantitative estimate of drug-likeness (QED) is 0.290. The predicted octanol–water partition coefficient (Wildman–Crippen LogP) is 0.419. The van der Waals surface area contributed by atoms with Crippen molar-refractivity contribution in [2.75, 3.05) is 19.8 Å². The Kier molecular flexibility index (Phi) is 10.00. The summed E-state index contributed by atoms with van der Waals surface area (Å²) in [6, 6.07) is 12.4. The molecule has 37 heavy (non-hydrogen) atoms. The van der Waals surface area contributed by atoms with Crippen LogP contribution in [0, 0.1) is 22.7 Å². The third-order valence-electron chi connectivity index (χ3n) is 5.18. The van der Waals surface area contributed by atoms with E-state index in [1.807, 2.05) is 12.1 Å². The summed E-state index contributed by atoms with van der Waals surface area (Å²) in [5, 5.41) is 38.1. The zero-order valence-corrected chi connectivity index (χ0v) is 21.0. The molecule has 15 heteroatoms. The molecule has 0 saturated carbocycles. The van der Waals surface area contributed by atoms with E-state index in [0.29, 0.717) is 4.57 Å². The lowest BCUT2D eigenvalue weighted by atomic mass is 10.1. The fraction of sp³-hybridized carbons (Fsp3) is 0.409. The Morgan fingerprint density at radius 1 is 1.11 bits per heavy atom. The van der Waals surface area contributed by atoms with E-state index < -0.39 is 55.0 Å². The van der Waals surface area contributed by atoms with Crippen molar-refractivity contribution in [2.24, 2.45) is 0 Å². The maximum absolute atomic E-state index is 13.3. The van der Waals surface area contributed by atoms with Gasteiger partial charge in [0.15, 0.2) is 6.23 Å². The molecule has 0 spiro atoms. The minimum Gasteiger partial charge on any atom is -0.394 e. The number of ether oxygens (including phenoxy) is 1. The second-order valence-electron chi connectivity index (χ2n) is 7.59. The summed E-state index contributed by atoms with van der Waals surface area (Å²) in [5.41, 5.74) is -1.90. The van der Waals surface area contributed by atoms with Gasteiger partial charge in [0.05, 0.1) is 44.8 Å². The van der Waals surface area contributed by atoms with Gasteiger partial charge in [-0.2, -0.15) is 15.1 Å². The van der Waals surface area contributed by atoms with Crippen molar-refractivity contribution in [1.29, 1.82) is 10.5 Å². The summed E-state index contributed by atoms with van der Waals surface area (Å²) >= 11 is 5.38. The lowest BCUT2D eigenvalue weighted by molar-refractivity contribution is -0.0545. The molecule has 1 aliphatic rings. The number of benzene rings is 1. The molecule has 2 heterocycles. The van der Waals surface area contributed by atoms with Crippen LogP contribution >= 0.6 is 6.72 Å². The molecule has 0 radical (unpaired) electrons. The molecule has 3 rings (SSSR count). The molecule has 1 saturated heterocycles. The van der Waals surface area contributed by atoms with Crippen molar-refractivity contribution in [3.05, 3.63) is 69.0 Å². The number of aromatic nitrogens is 2. The molecule has 2 N–H and O–H groups in total. The highest BCUT2D eigenvalue weighted by Crippen LogP contribution is 2.54. The number of hydrogen-bond donors (Lipinski definition) is 2. The van der Waals surface area contributed by atoms with Gasteiger partial charge in [0.25, 0.3) is 11.5 Å². The number of carbonyl (C=O) groups is 1. The third-order valence-corrected chi connectivity index (χ3v) is 7.57. The predicted molar refractivity (Wildman–Crippen MR) is 130 cm³/mol. The zero-order valence-electron chi connectivity index (χ0n) is 19.3. The minimum atomic E-state index is -3.70. The number of aliphatic hydroxyl groups excluding tert-OH is 2. The van der Waals surface area contributed by atoms with Crippen LogP contribution in [0.15, 0.2) is 52.2 Å². The van der Waals surface area contributed by atoms with Gasteiger partial charge in [-0.1, -0.05) is 18.2 Å². The van der Waals surface area contributed by atoms with Crippen LogP contribution in [0.25, 0.3) is 0 Å². The second kappa shape index (κ2) is 13.0. The monoisotopic (exact) mass is 550 g/mol. The largest absolute Gasteiger partial charge is 0.394 e. The maximum atomic E-state index is 13.3. The van der Waals surface area contributed by atoms with Crippen LogP contribution in [0.3, 0.4) is 0 Å². The SMILES string of the molecule is N#CCCOP(=S)(OCCC#N)O[C@@H]1[C@H](O)[C@@H](CO)O[C@H]1n1ccc(=O)n(C(=O)c2ccccc2)c1=O. The third kappa shape index (κ3) is 6.64. The highest BCUT2D eigenvalue weighted by molar-refractivity contribution is 8.07. The van der Waals surface area contributed by atoms with Crippen LogP contribution in [0.1, 0.15) is 29.4 Å². The maximum Gasteiger partial charge on any atom is 0.340 e. The van der Waals surface area contributed by atoms with Crippen LogP contribution in [-0.2, 0) is 30.1 Å². The van der Waals surface area contributed by atoms with Crippen molar-refractivity contribution in [3.8, 4) is 12.1 Å². The summed E-state index contributed by atoms with van der Waals surface area (Å²) in [6.07, 6.45) is -4.73. The number of nitrogens with zero attached hydrogens (tertiary/aromatic N) is 4. The summed E-state index contributed by atoms with van der Waals surface area (Å²) in [4.78, 5) is 38.7. The van der Waals surface area contributed by atoms with E-state index in [1.54, 1.807) is 18.2 Å². The fourth-order valence-corrected chi connectivity index (χ4v) is 5.54. The van der Waals surface area contributed by atoms with Gasteiger partial charge < -0.3 is 24.0 Å². The molecule has 1 fully saturated rings. The number of carbonyl (C=O) groups excluding carboxylic acids is 1. The first-order valence-corrected chi connectivity index (χ1v) is 13.5. The topological polar surface area (TPSA) is 186 Å². The van der Waals surface area contributed by atoms with Crippen molar-refractivity contribution < 1.29 is 33.3 Å². The molecule has 1 aromatic carbocycles. The van der Waals surface area contributed by atoms with Crippen LogP contribution in [0.5, 0.6) is 0 Å². The van der Waals surface area contributed by atoms with E-state index in [2.05, 4.69) is 0 Å². The minimum absolute atomic E-state index is 0.0538. The molecule has 0 bridgehead atoms. The average Bonchev–Trinajstić information content (AvgIpc) is 3.19. The Balaban J connectivity index is 2.01. The van der Waals surface area contributed by atoms with Crippen molar-refractivity contribution >= 4 is 24.4 Å². The summed E-state index contributed by atoms with van der Waals surface area (Å²) in [5.74, 6) is -0.885. The van der Waals surface area contributed by atoms with E-state index in [9.17, 15) is 24.6 Å². The lowest BCUT2D eigenvalue weighted by Crippen LogP contribution is -2.46. The van der Waals surface area contributed by atoms with E-state index in [4.69, 9.17) is 40.6 Å². The Labute approximate surface area is 215 Å². The van der Waals surface area contributed by atoms with E-state index >= 15 is 0 Å². The highest BCUT2D eigenvalue weighted by Gasteiger charge is 2.48. The standard InChI is InChI=1S/C22H23N4O9PS/c23-9-4-12-32-36(37,33-13-5-10-24)35-19-18(29)16(14-27)34-21(19)25-11-8-17(28)26(22(25)31)20(30)15-6-2-1-3-7-15/h1-3,6-8,11,16,18-19,21,27,29H,4-5,12-14H2/t16-,18-,19-,21-/m1/s1. The number of nitriles is 2. The van der Waals surface area contributed by atoms with Gasteiger partial charge in [-0.05, 0) is 23.9 Å². The Morgan fingerprint density at radius 3 is 2.30 bits per heavy atom. The number of hydrogen-bond acceptors (Lipinski definition) is 12. The smallest absolute Gasteiger partial charge is 0.340 e. The fourth-order valence-electron chi connectivity index (χ4n) is 3.44. The van der Waals surface area contributed by atoms with E-state index in [-0.39, 0.29) is 31.6 Å². The molecule has 0 amide bonds. The number of rotatable bonds is 11. The highest BCUT2D eigenvalue weighted by atomic mass is 32.5. The van der Waals surface area contributed by atoms with E-state index in [0.717, 1.165) is 16.8 Å². The lowest BCUT2D eigenvalue weighted by Gasteiger charge is -2.29. The van der Waals surface area contributed by atoms with Crippen LogP contribution in [0.4, 0.5) is 0 Å². The van der Waals surface area contributed by atoms with Crippen molar-refractivity contribution in [2.45, 2.75) is 37.4 Å². The van der Waals surface area contributed by atoms with Gasteiger partial charge >= 0.3 is 12.4 Å². The molecule has 13 nitrogen and oxygen atoms in total. The first kappa shape index (κ1) is 28.5. The Morgan fingerprint density at radius 2 is 1.73 bits per heavy atom. The Bertz CT molecular complexity index is 1330. The molecule has 1 aromatic heterocycles. The van der Waals surface area contributed by atoms with Gasteiger partial charge in [0, 0.05) is 17.8 Å². The number of aliphatic hydroxyl groups is 2. The molecular weight excluding hydrogens is 527 g/mol. The molecule has 1 aliphatic heterocycles. The normalized spacial score (nSPS) is 21.3. The van der Waals surface area contributed by atoms with Crippen LogP contribution < -0.4 is 11.2 Å². The first-order valence-electron chi connectivity index (χ1n) is 11.0. The van der Waals surface area contributed by atoms with Gasteiger partial charge in [0.1, 0.15) is 18.3 Å². The summed E-state index contributed by atoms with van der Waals surface area (Å²) in [6.45, 7) is -4.71. The van der Waals surface area contributed by atoms with Gasteiger partial charge in [-0.3, -0.25) is 18.7 Å². The van der Waals surface area contributed by atoms with E-state index in [1.165, 1.54) is 12.1 Å². The van der Waals surface area contributed by atoms with Gasteiger partial charge in [-0.15, -0.1) is 0 Å². The van der Waals surface area contributed by atoms with Crippen molar-refractivity contribution in [3.63, 3.8) is 0 Å². The average molecular weight is 550 g/mol. The van der Waals surface area contributed by atoms with Crippen LogP contribution in [-0.4, -0.2) is 63.4 Å². The molecule has 196 valence electrons. The van der Waals surface area contributed by atoms with Gasteiger partial charge in [-0.25, -0.2) is 4.79 Å². The van der Waals surface area contributed by atoms with Crippen molar-refractivity contribution in [1.82, 2.24) is 9.13 Å². The van der Waals surface area contributed by atoms with Gasteiger partial charge in [0.2, 0.25) is 0 Å². The molecule has 0 aliphatic carbocycles. The second-order valence-corrected chi connectivity index (χ2v) is 10.6. The molecule has 0 unspecified atom stereocenters.